The molecule has 1 atom stereocenters. The Morgan fingerprint density at radius 3 is 2.43 bits per heavy atom. The quantitative estimate of drug-likeness (QED) is 0.295. The lowest BCUT2D eigenvalue weighted by atomic mass is 10.0. The zero-order valence-corrected chi connectivity index (χ0v) is 20.7. The predicted octanol–water partition coefficient (Wildman–Crippen LogP) is 6.37. The number of hydrogen-bond acceptors (Lipinski definition) is 4. The fourth-order valence-corrected chi connectivity index (χ4v) is 4.15. The molecule has 2 N–H and O–H groups in total. The first-order chi connectivity index (χ1) is 17.8. The SMILES string of the molecule is Cc1ccc(NC(=O)C2(C(=O)Nc3ccc(O[C@H]4C#CC/C=N\c5cc(Cl)ccc54)c(F)c3)CC2)cc1. The molecule has 1 aliphatic heterocycles. The van der Waals surface area contributed by atoms with Gasteiger partial charge >= 0.3 is 0 Å². The second-order valence-electron chi connectivity index (χ2n) is 9.04. The molecule has 8 heteroatoms. The number of nitrogens with one attached hydrogen (secondary N) is 2. The Balaban J connectivity index is 1.28. The summed E-state index contributed by atoms with van der Waals surface area (Å²) in [6, 6.07) is 16.6. The normalized spacial score (nSPS) is 17.6. The van der Waals surface area contributed by atoms with Gasteiger partial charge in [-0.3, -0.25) is 14.6 Å². The van der Waals surface area contributed by atoms with E-state index in [1.807, 2.05) is 19.1 Å². The van der Waals surface area contributed by atoms with Crippen LogP contribution in [0.15, 0.2) is 65.7 Å². The zero-order chi connectivity index (χ0) is 26.0. The molecule has 186 valence electrons. The van der Waals surface area contributed by atoms with Crippen LogP contribution < -0.4 is 15.4 Å². The number of aliphatic imine (C=N–C) groups is 1. The number of nitrogens with zero attached hydrogens (tertiary/aromatic N) is 1. The molecule has 1 saturated carbocycles. The van der Waals surface area contributed by atoms with Crippen molar-refractivity contribution in [2.45, 2.75) is 32.3 Å². The largest absolute Gasteiger partial charge is 0.470 e. The number of ether oxygens (including phenoxy) is 1. The highest BCUT2D eigenvalue weighted by molar-refractivity contribution is 6.30. The van der Waals surface area contributed by atoms with Gasteiger partial charge in [0.1, 0.15) is 5.41 Å². The number of hydrogen-bond donors (Lipinski definition) is 2. The van der Waals surface area contributed by atoms with Gasteiger partial charge in [-0.05, 0) is 56.2 Å². The van der Waals surface area contributed by atoms with E-state index in [-0.39, 0.29) is 17.3 Å². The molecular formula is C29H23ClFN3O3. The van der Waals surface area contributed by atoms with E-state index in [4.69, 9.17) is 16.3 Å². The maximum Gasteiger partial charge on any atom is 0.240 e. The van der Waals surface area contributed by atoms with Crippen molar-refractivity contribution in [2.24, 2.45) is 10.4 Å². The van der Waals surface area contributed by atoms with Crippen LogP contribution in [-0.2, 0) is 9.59 Å². The number of aryl methyl sites for hydroxylation is 1. The minimum atomic E-state index is -1.17. The Morgan fingerprint density at radius 1 is 1.03 bits per heavy atom. The molecule has 2 aliphatic rings. The molecule has 1 aliphatic carbocycles. The average molecular weight is 516 g/mol. The van der Waals surface area contributed by atoms with Crippen LogP contribution in [0.25, 0.3) is 0 Å². The lowest BCUT2D eigenvalue weighted by molar-refractivity contribution is -0.131. The highest BCUT2D eigenvalue weighted by Crippen LogP contribution is 2.47. The van der Waals surface area contributed by atoms with E-state index >= 15 is 4.39 Å². The molecule has 3 aromatic carbocycles. The van der Waals surface area contributed by atoms with Crippen LogP contribution in [0.3, 0.4) is 0 Å². The number of benzene rings is 3. The maximum absolute atomic E-state index is 15.0. The Kier molecular flexibility index (Phi) is 6.68. The van der Waals surface area contributed by atoms with Gasteiger partial charge in [0.2, 0.25) is 11.8 Å². The second kappa shape index (κ2) is 10.1. The van der Waals surface area contributed by atoms with Gasteiger partial charge in [-0.2, -0.15) is 0 Å². The smallest absolute Gasteiger partial charge is 0.240 e. The first-order valence-electron chi connectivity index (χ1n) is 11.8. The summed E-state index contributed by atoms with van der Waals surface area (Å²) in [4.78, 5) is 30.2. The van der Waals surface area contributed by atoms with Gasteiger partial charge in [0.05, 0.1) is 5.69 Å². The summed E-state index contributed by atoms with van der Waals surface area (Å²) in [5, 5.41) is 6.00. The average Bonchev–Trinajstić information content (AvgIpc) is 3.67. The van der Waals surface area contributed by atoms with Gasteiger partial charge in [0.25, 0.3) is 0 Å². The van der Waals surface area contributed by atoms with Gasteiger partial charge in [-0.1, -0.05) is 47.2 Å². The summed E-state index contributed by atoms with van der Waals surface area (Å²) in [6.07, 6.45) is 2.21. The Morgan fingerprint density at radius 2 is 1.73 bits per heavy atom. The van der Waals surface area contributed by atoms with Crippen molar-refractivity contribution in [3.63, 3.8) is 0 Å². The van der Waals surface area contributed by atoms with Crippen LogP contribution in [0.1, 0.15) is 36.5 Å². The summed E-state index contributed by atoms with van der Waals surface area (Å²) in [5.74, 6) is 4.40. The predicted molar refractivity (Wildman–Crippen MR) is 142 cm³/mol. The summed E-state index contributed by atoms with van der Waals surface area (Å²) in [7, 11) is 0. The van der Waals surface area contributed by atoms with E-state index in [1.165, 1.54) is 18.2 Å². The summed E-state index contributed by atoms with van der Waals surface area (Å²) < 4.78 is 20.9. The number of rotatable bonds is 6. The first-order valence-corrected chi connectivity index (χ1v) is 12.2. The van der Waals surface area contributed by atoms with E-state index in [1.54, 1.807) is 36.5 Å². The molecule has 0 radical (unpaired) electrons. The third-order valence-corrected chi connectivity index (χ3v) is 6.53. The molecule has 37 heavy (non-hydrogen) atoms. The van der Waals surface area contributed by atoms with Crippen molar-refractivity contribution < 1.29 is 18.7 Å². The number of halogens is 2. The maximum atomic E-state index is 15.0. The fourth-order valence-electron chi connectivity index (χ4n) is 3.98. The third kappa shape index (κ3) is 5.35. The topological polar surface area (TPSA) is 79.8 Å². The van der Waals surface area contributed by atoms with Crippen molar-refractivity contribution >= 4 is 46.7 Å². The van der Waals surface area contributed by atoms with Gasteiger partial charge in [-0.15, -0.1) is 0 Å². The van der Waals surface area contributed by atoms with Crippen LogP contribution in [0, 0.1) is 30.0 Å². The number of carbonyl (C=O) groups is 2. The summed E-state index contributed by atoms with van der Waals surface area (Å²) in [5.41, 5.74) is 2.01. The molecule has 0 unspecified atom stereocenters. The third-order valence-electron chi connectivity index (χ3n) is 6.30. The van der Waals surface area contributed by atoms with Gasteiger partial charge in [-0.25, -0.2) is 4.39 Å². The lowest BCUT2D eigenvalue weighted by Gasteiger charge is -2.19. The van der Waals surface area contributed by atoms with Gasteiger partial charge < -0.3 is 15.4 Å². The number of amides is 2. The van der Waals surface area contributed by atoms with Crippen LogP contribution >= 0.6 is 11.6 Å². The Labute approximate surface area is 218 Å². The zero-order valence-electron chi connectivity index (χ0n) is 20.0. The first kappa shape index (κ1) is 24.5. The number of carbonyl (C=O) groups excluding carboxylic acids is 2. The highest BCUT2D eigenvalue weighted by Gasteiger charge is 2.56. The molecule has 0 saturated heterocycles. The lowest BCUT2D eigenvalue weighted by Crippen LogP contribution is -2.35. The van der Waals surface area contributed by atoms with E-state index in [0.29, 0.717) is 41.2 Å². The van der Waals surface area contributed by atoms with Crippen LogP contribution in [-0.4, -0.2) is 18.0 Å². The van der Waals surface area contributed by atoms with Crippen molar-refractivity contribution in [1.82, 2.24) is 0 Å². The molecule has 6 nitrogen and oxygen atoms in total. The molecule has 1 fully saturated rings. The van der Waals surface area contributed by atoms with Crippen LogP contribution in [0.5, 0.6) is 5.75 Å². The molecule has 5 rings (SSSR count). The Bertz CT molecular complexity index is 1470. The highest BCUT2D eigenvalue weighted by atomic mass is 35.5. The van der Waals surface area contributed by atoms with Crippen LogP contribution in [0.4, 0.5) is 21.5 Å². The molecule has 0 aromatic heterocycles. The van der Waals surface area contributed by atoms with Crippen molar-refractivity contribution in [3.8, 4) is 17.6 Å². The molecule has 1 heterocycles. The minimum absolute atomic E-state index is 0.0269. The summed E-state index contributed by atoms with van der Waals surface area (Å²) >= 11 is 6.09. The Hall–Kier alpha value is -4.15. The molecule has 0 bridgehead atoms. The number of anilines is 2. The van der Waals surface area contributed by atoms with Crippen molar-refractivity contribution in [3.05, 3.63) is 82.6 Å². The standard InChI is InChI=1S/C29H23ClFN3O3/c1-18-5-8-20(9-6-18)33-27(35)29(13-14-29)28(36)34-21-10-12-26(23(31)17-21)37-25-4-2-3-15-32-24-16-19(30)7-11-22(24)25/h5-12,15-17,25H,3,13-14H2,1H3,(H,33,35)(H,34,36)/b32-15-/t25-/m0/s1. The molecular weight excluding hydrogens is 493 g/mol. The number of fused-ring (bicyclic) bond motifs is 1. The molecule has 0 spiro atoms. The van der Waals surface area contributed by atoms with E-state index in [0.717, 1.165) is 5.56 Å². The van der Waals surface area contributed by atoms with Crippen molar-refractivity contribution in [1.29, 1.82) is 0 Å². The van der Waals surface area contributed by atoms with E-state index in [2.05, 4.69) is 27.5 Å². The van der Waals surface area contributed by atoms with E-state index in [9.17, 15) is 9.59 Å². The molecule has 2 amide bonds. The van der Waals surface area contributed by atoms with Gasteiger partial charge in [0.15, 0.2) is 17.7 Å². The second-order valence-corrected chi connectivity index (χ2v) is 9.48. The van der Waals surface area contributed by atoms with E-state index < -0.39 is 23.2 Å². The van der Waals surface area contributed by atoms with Gasteiger partial charge in [0, 0.05) is 40.7 Å². The van der Waals surface area contributed by atoms with Crippen molar-refractivity contribution in [2.75, 3.05) is 10.6 Å². The minimum Gasteiger partial charge on any atom is -0.470 e. The monoisotopic (exact) mass is 515 g/mol. The van der Waals surface area contributed by atoms with Crippen LogP contribution in [0.2, 0.25) is 5.02 Å². The summed E-state index contributed by atoms with van der Waals surface area (Å²) in [6.45, 7) is 1.95. The fraction of sp³-hybridized carbons (Fsp3) is 0.207. The molecule has 3 aromatic rings.